The molecule has 2 heterocycles. The van der Waals surface area contributed by atoms with Crippen LogP contribution in [0.4, 0.5) is 0 Å². The van der Waals surface area contributed by atoms with Gasteiger partial charge < -0.3 is 0 Å². The van der Waals surface area contributed by atoms with E-state index in [4.69, 9.17) is 0 Å². The second kappa shape index (κ2) is 52.6. The predicted octanol–water partition coefficient (Wildman–Crippen LogP) is 8.32. The van der Waals surface area contributed by atoms with E-state index in [9.17, 15) is 19.2 Å². The van der Waals surface area contributed by atoms with Gasteiger partial charge >= 0.3 is 0 Å². The van der Waals surface area contributed by atoms with Crippen LogP contribution in [0.15, 0.2) is 23.3 Å². The molecule has 0 saturated heterocycles. The van der Waals surface area contributed by atoms with Gasteiger partial charge in [0.05, 0.1) is 7.85 Å². The van der Waals surface area contributed by atoms with Crippen molar-refractivity contribution in [2.45, 2.75) is 143 Å². The first-order valence-corrected chi connectivity index (χ1v) is 14.5. The Bertz CT molecular complexity index is 588. The maximum Gasteiger partial charge on any atom is 0.256 e. The van der Waals surface area contributed by atoms with E-state index in [2.05, 4.69) is 56.6 Å². The van der Waals surface area contributed by atoms with Crippen LogP contribution < -0.4 is 0 Å². The van der Waals surface area contributed by atoms with Gasteiger partial charge in [0.15, 0.2) is 0 Å². The quantitative estimate of drug-likeness (QED) is 0.205. The summed E-state index contributed by atoms with van der Waals surface area (Å²) in [6.45, 7) is 30.3. The zero-order valence-electron chi connectivity index (χ0n) is 28.8. The van der Waals surface area contributed by atoms with Crippen molar-refractivity contribution >= 4 is 38.8 Å². The number of likely N-dealkylation sites (N-methyl/N-ethyl adjacent to an activating group) is 2. The molecule has 0 aromatic rings. The summed E-state index contributed by atoms with van der Waals surface area (Å²) < 4.78 is 0. The van der Waals surface area contributed by atoms with E-state index in [-0.39, 0.29) is 93.3 Å². The summed E-state index contributed by atoms with van der Waals surface area (Å²) in [5.74, 6) is -0.699. The van der Waals surface area contributed by atoms with Crippen molar-refractivity contribution < 1.29 is 81.4 Å². The van der Waals surface area contributed by atoms with Gasteiger partial charge in [-0.1, -0.05) is 115 Å². The minimum atomic E-state index is -0.206. The van der Waals surface area contributed by atoms with Crippen molar-refractivity contribution in [2.24, 2.45) is 0 Å². The summed E-state index contributed by atoms with van der Waals surface area (Å²) in [7, 11) is 6.62. The van der Waals surface area contributed by atoms with Gasteiger partial charge in [0.25, 0.3) is 23.6 Å². The summed E-state index contributed by atoms with van der Waals surface area (Å²) in [5.41, 5.74) is 1.16. The third-order valence-corrected chi connectivity index (χ3v) is 4.64. The average Bonchev–Trinajstić information content (AvgIpc) is 3.41. The first kappa shape index (κ1) is 64.1. The molecule has 6 nitrogen and oxygen atoms in total. The van der Waals surface area contributed by atoms with Crippen LogP contribution in [-0.4, -0.2) is 61.6 Å². The van der Waals surface area contributed by atoms with E-state index in [0.717, 1.165) is 0 Å². The van der Waals surface area contributed by atoms with Crippen LogP contribution in [0.1, 0.15) is 123 Å². The monoisotopic (exact) mass is 1030 g/mol. The number of hydrogen-bond acceptors (Lipinski definition) is 4. The molecule has 0 N–H and O–H groups in total. The topological polar surface area (TPSA) is 74.8 Å². The average molecular weight is 1030 g/mol. The van der Waals surface area contributed by atoms with Gasteiger partial charge in [-0.25, -0.2) is 0 Å². The molecule has 0 aromatic heterocycles. The Labute approximate surface area is 306 Å². The van der Waals surface area contributed by atoms with E-state index >= 15 is 0 Å². The minimum Gasteiger partial charge on any atom is -0.276 e. The molecule has 0 spiro atoms. The molecule has 237 valence electrons. The predicted molar refractivity (Wildman–Crippen MR) is 177 cm³/mol. The van der Waals surface area contributed by atoms with Crippen molar-refractivity contribution in [2.75, 3.05) is 13.1 Å². The van der Waals surface area contributed by atoms with E-state index in [1.54, 1.807) is 27.7 Å². The zero-order valence-corrected chi connectivity index (χ0v) is 37.1. The first-order chi connectivity index (χ1) is 18.1. The summed E-state index contributed by atoms with van der Waals surface area (Å²) in [4.78, 5) is 46.1. The maximum atomic E-state index is 11.2. The molecule has 0 fully saturated rings. The molecular formula is C31H65B2N2O4U2. The second-order valence-electron chi connectivity index (χ2n) is 7.18. The van der Waals surface area contributed by atoms with Gasteiger partial charge in [0.2, 0.25) is 0 Å². The van der Waals surface area contributed by atoms with Gasteiger partial charge in [-0.2, -0.15) is 0 Å². The number of carbonyl (C=O) groups is 4. The Morgan fingerprint density at radius 3 is 0.927 bits per heavy atom. The van der Waals surface area contributed by atoms with Crippen molar-refractivity contribution in [1.29, 1.82) is 0 Å². The van der Waals surface area contributed by atoms with Gasteiger partial charge in [0.1, 0.15) is 7.28 Å². The van der Waals surface area contributed by atoms with Crippen LogP contribution in [0.25, 0.3) is 0 Å². The third-order valence-electron chi connectivity index (χ3n) is 4.64. The summed E-state index contributed by atoms with van der Waals surface area (Å²) in [6.07, 6.45) is 9.04. The largest absolute Gasteiger partial charge is 0.276 e. The van der Waals surface area contributed by atoms with E-state index in [0.29, 0.717) is 24.2 Å². The Balaban J connectivity index is -0.0000000443. The molecule has 0 aromatic carbocycles. The molecule has 2 rings (SSSR count). The van der Waals surface area contributed by atoms with E-state index < -0.39 is 0 Å². The standard InChI is InChI=1S/C8H11NO2.C6H7NO2.2C4H10.C3H8B.2C2H6.CH3B.CH4.2U/c1-4-9-7(10)5(2)6(3)8(9)11;1-2-7-5(8)3-4-6(7)9;3*1-3-4-2;3*1-2;;;/h4H2,1-3H3;3-4H,2H2,1H3;2*3-4H2,1-2H3;3H2,1-2H3;2*1-2H3;1H3;1H4;;. The summed E-state index contributed by atoms with van der Waals surface area (Å²) in [5, 5.41) is 0. The Kier molecular flexibility index (Phi) is 82.2. The number of carbonyl (C=O) groups excluding carboxylic acids is 4. The summed E-state index contributed by atoms with van der Waals surface area (Å²) in [6, 6.07) is 0. The summed E-state index contributed by atoms with van der Waals surface area (Å²) >= 11 is 0. The minimum absolute atomic E-state index is 0. The molecule has 0 saturated carbocycles. The molecule has 3 radical (unpaired) electrons. The third kappa shape index (κ3) is 36.1. The molecule has 10 heteroatoms. The van der Waals surface area contributed by atoms with E-state index in [1.807, 2.05) is 27.7 Å². The van der Waals surface area contributed by atoms with Crippen molar-refractivity contribution in [3.05, 3.63) is 23.3 Å². The molecular weight excluding hydrogens is 962 g/mol. The number of imide groups is 2. The normalized spacial score (nSPS) is 11.4. The van der Waals surface area contributed by atoms with Crippen LogP contribution in [0.5, 0.6) is 0 Å². The van der Waals surface area contributed by atoms with Gasteiger partial charge in [-0.05, 0) is 27.7 Å². The number of unbranched alkanes of at least 4 members (excludes halogenated alkanes) is 2. The fourth-order valence-corrected chi connectivity index (χ4v) is 1.85. The first-order valence-electron chi connectivity index (χ1n) is 14.5. The van der Waals surface area contributed by atoms with Gasteiger partial charge in [-0.15, -0.1) is 0 Å². The van der Waals surface area contributed by atoms with Crippen LogP contribution in [0.3, 0.4) is 0 Å². The number of rotatable bonds is 5. The molecule has 4 amide bonds. The van der Waals surface area contributed by atoms with Gasteiger partial charge in [-0.3, -0.25) is 29.0 Å². The Morgan fingerprint density at radius 1 is 0.610 bits per heavy atom. The van der Waals surface area contributed by atoms with Crippen molar-refractivity contribution in [3.8, 4) is 0 Å². The second-order valence-corrected chi connectivity index (χ2v) is 7.18. The zero-order chi connectivity index (χ0) is 31.7. The molecule has 41 heavy (non-hydrogen) atoms. The fourth-order valence-electron chi connectivity index (χ4n) is 1.85. The van der Waals surface area contributed by atoms with Crippen molar-refractivity contribution in [3.63, 3.8) is 0 Å². The SMILES string of the molecule is C.CC.CC.CCCC.CCCC.CCN1C(=O)C(C)=C(C)C1=O.CCN1C(=O)C=CC1=O.C[B]CC.[B]C.[U].[U]. The fraction of sp³-hybridized carbons (Fsp3) is 0.742. The Morgan fingerprint density at radius 2 is 0.829 bits per heavy atom. The Hall–Kier alpha value is -0.00623. The maximum absolute atomic E-state index is 11.2. The number of hydrogen-bond donors (Lipinski definition) is 0. The molecule has 0 bridgehead atoms. The van der Waals surface area contributed by atoms with Crippen LogP contribution in [-0.2, 0) is 19.2 Å². The van der Waals surface area contributed by atoms with E-state index in [1.165, 1.54) is 60.8 Å². The van der Waals surface area contributed by atoms with Gasteiger partial charge in [0, 0.05) is 98.6 Å². The van der Waals surface area contributed by atoms with Crippen LogP contribution in [0.2, 0.25) is 20.0 Å². The van der Waals surface area contributed by atoms with Crippen LogP contribution in [0, 0.1) is 62.2 Å². The van der Waals surface area contributed by atoms with Crippen molar-refractivity contribution in [1.82, 2.24) is 9.80 Å². The molecule has 0 unspecified atom stereocenters. The molecule has 0 aliphatic carbocycles. The smallest absolute Gasteiger partial charge is 0.256 e. The molecule has 2 aliphatic heterocycles. The molecule has 2 aliphatic rings. The number of nitrogens with zero attached hydrogens (tertiary/aromatic N) is 2. The molecule has 0 atom stereocenters. The van der Waals surface area contributed by atoms with Crippen LogP contribution >= 0.6 is 0 Å². The number of amides is 4.